The van der Waals surface area contributed by atoms with Crippen LogP contribution in [0.4, 0.5) is 5.82 Å². The molecule has 2 saturated heterocycles. The second-order valence-electron chi connectivity index (χ2n) is 7.71. The van der Waals surface area contributed by atoms with Crippen LogP contribution in [-0.2, 0) is 9.84 Å². The molecule has 3 aromatic rings. The largest absolute Gasteiger partial charge is 0.353 e. The standard InChI is InChI=1S/C21H23N5O2S/c27-29(28)13-7-17(15-29)25-9-11-26(12-10-25)21-18-5-1-2-6-19(18)23-20(24-21)16-4-3-8-22-14-16/h1-6,8,14,17H,7,9-13,15H2/t17-/m1/s1. The summed E-state index contributed by atoms with van der Waals surface area (Å²) in [4.78, 5) is 18.5. The quantitative estimate of drug-likeness (QED) is 0.655. The first kappa shape index (κ1) is 18.4. The molecule has 0 bridgehead atoms. The van der Waals surface area contributed by atoms with Gasteiger partial charge in [-0.05, 0) is 30.7 Å². The first-order chi connectivity index (χ1) is 14.1. The Balaban J connectivity index is 1.43. The summed E-state index contributed by atoms with van der Waals surface area (Å²) in [5, 5.41) is 1.04. The molecule has 0 aliphatic carbocycles. The van der Waals surface area contributed by atoms with Crippen molar-refractivity contribution in [2.45, 2.75) is 12.5 Å². The van der Waals surface area contributed by atoms with Crippen molar-refractivity contribution < 1.29 is 8.42 Å². The minimum absolute atomic E-state index is 0.162. The van der Waals surface area contributed by atoms with Crippen molar-refractivity contribution in [1.29, 1.82) is 0 Å². The Bertz CT molecular complexity index is 1130. The van der Waals surface area contributed by atoms with E-state index in [1.54, 1.807) is 12.4 Å². The molecule has 5 rings (SSSR count). The molecule has 0 amide bonds. The molecular weight excluding hydrogens is 386 g/mol. The average Bonchev–Trinajstić information content (AvgIpc) is 3.13. The number of aromatic nitrogens is 3. The Morgan fingerprint density at radius 1 is 0.966 bits per heavy atom. The third kappa shape index (κ3) is 3.70. The van der Waals surface area contributed by atoms with Gasteiger partial charge in [-0.1, -0.05) is 12.1 Å². The monoisotopic (exact) mass is 409 g/mol. The van der Waals surface area contributed by atoms with Gasteiger partial charge >= 0.3 is 0 Å². The topological polar surface area (TPSA) is 79.3 Å². The normalized spacial score (nSPS) is 22.2. The van der Waals surface area contributed by atoms with Crippen LogP contribution in [0.25, 0.3) is 22.3 Å². The van der Waals surface area contributed by atoms with E-state index in [4.69, 9.17) is 9.97 Å². The van der Waals surface area contributed by atoms with E-state index in [9.17, 15) is 8.42 Å². The van der Waals surface area contributed by atoms with E-state index in [2.05, 4.69) is 20.9 Å². The lowest BCUT2D eigenvalue weighted by molar-refractivity contribution is 0.200. The highest BCUT2D eigenvalue weighted by Crippen LogP contribution is 2.29. The maximum atomic E-state index is 11.8. The number of hydrogen-bond acceptors (Lipinski definition) is 7. The van der Waals surface area contributed by atoms with Crippen LogP contribution in [0.15, 0.2) is 48.8 Å². The predicted octanol–water partition coefficient (Wildman–Crippen LogP) is 2.00. The summed E-state index contributed by atoms with van der Waals surface area (Å²) in [5.74, 6) is 2.24. The van der Waals surface area contributed by atoms with Gasteiger partial charge in [0, 0.05) is 55.6 Å². The van der Waals surface area contributed by atoms with E-state index < -0.39 is 9.84 Å². The van der Waals surface area contributed by atoms with Crippen LogP contribution in [0.5, 0.6) is 0 Å². The second-order valence-corrected chi connectivity index (χ2v) is 9.94. The maximum absolute atomic E-state index is 11.8. The highest BCUT2D eigenvalue weighted by Gasteiger charge is 2.34. The van der Waals surface area contributed by atoms with E-state index in [0.717, 1.165) is 54.9 Å². The Labute approximate surface area is 170 Å². The molecule has 0 spiro atoms. The van der Waals surface area contributed by atoms with Gasteiger partial charge in [-0.15, -0.1) is 0 Å². The van der Waals surface area contributed by atoms with Gasteiger partial charge in [-0.2, -0.15) is 0 Å². The van der Waals surface area contributed by atoms with Gasteiger partial charge in [0.15, 0.2) is 15.7 Å². The van der Waals surface area contributed by atoms with Crippen LogP contribution in [0.1, 0.15) is 6.42 Å². The lowest BCUT2D eigenvalue weighted by atomic mass is 10.1. The number of benzene rings is 1. The Hall–Kier alpha value is -2.58. The molecule has 2 fully saturated rings. The lowest BCUT2D eigenvalue weighted by Crippen LogP contribution is -2.51. The smallest absolute Gasteiger partial charge is 0.163 e. The van der Waals surface area contributed by atoms with Crippen molar-refractivity contribution in [3.8, 4) is 11.4 Å². The summed E-state index contributed by atoms with van der Waals surface area (Å²) in [6.45, 7) is 3.34. The first-order valence-electron chi connectivity index (χ1n) is 9.96. The van der Waals surface area contributed by atoms with Gasteiger partial charge in [0.2, 0.25) is 0 Å². The Morgan fingerprint density at radius 3 is 2.52 bits per heavy atom. The van der Waals surface area contributed by atoms with Crippen LogP contribution in [0.2, 0.25) is 0 Å². The number of fused-ring (bicyclic) bond motifs is 1. The van der Waals surface area contributed by atoms with Crippen molar-refractivity contribution in [3.05, 3.63) is 48.8 Å². The number of piperazine rings is 1. The lowest BCUT2D eigenvalue weighted by Gasteiger charge is -2.38. The van der Waals surface area contributed by atoms with Crippen LogP contribution in [0, 0.1) is 0 Å². The van der Waals surface area contributed by atoms with Gasteiger partial charge < -0.3 is 4.90 Å². The summed E-state index contributed by atoms with van der Waals surface area (Å²) >= 11 is 0. The van der Waals surface area contributed by atoms with E-state index >= 15 is 0 Å². The zero-order chi connectivity index (χ0) is 19.8. The number of para-hydroxylation sites is 1. The summed E-state index contributed by atoms with van der Waals surface area (Å²) in [6.07, 6.45) is 4.28. The molecule has 2 aliphatic heterocycles. The molecule has 4 heterocycles. The second kappa shape index (κ2) is 7.35. The molecule has 150 valence electrons. The molecule has 0 N–H and O–H groups in total. The SMILES string of the molecule is O=S1(=O)CC[C@@H](N2CCN(c3nc(-c4cccnc4)nc4ccccc34)CC2)C1. The molecule has 29 heavy (non-hydrogen) atoms. The van der Waals surface area contributed by atoms with Gasteiger partial charge in [0.1, 0.15) is 5.82 Å². The van der Waals surface area contributed by atoms with E-state index in [1.807, 2.05) is 30.3 Å². The molecule has 1 aromatic carbocycles. The molecule has 8 heteroatoms. The summed E-state index contributed by atoms with van der Waals surface area (Å²) < 4.78 is 23.7. The third-order valence-electron chi connectivity index (χ3n) is 5.84. The molecule has 7 nitrogen and oxygen atoms in total. The number of rotatable bonds is 3. The van der Waals surface area contributed by atoms with E-state index in [-0.39, 0.29) is 6.04 Å². The minimum atomic E-state index is -2.86. The molecule has 0 unspecified atom stereocenters. The zero-order valence-corrected chi connectivity index (χ0v) is 16.9. The number of sulfone groups is 1. The molecule has 1 atom stereocenters. The Morgan fingerprint density at radius 2 is 1.79 bits per heavy atom. The van der Waals surface area contributed by atoms with Gasteiger partial charge in [0.05, 0.1) is 17.0 Å². The number of hydrogen-bond donors (Lipinski definition) is 0. The van der Waals surface area contributed by atoms with Gasteiger partial charge in [-0.3, -0.25) is 9.88 Å². The third-order valence-corrected chi connectivity index (χ3v) is 7.59. The van der Waals surface area contributed by atoms with Crippen molar-refractivity contribution >= 4 is 26.6 Å². The van der Waals surface area contributed by atoms with Crippen LogP contribution in [-0.4, -0.2) is 72.0 Å². The number of pyridine rings is 1. The Kier molecular flexibility index (Phi) is 4.67. The van der Waals surface area contributed by atoms with Crippen molar-refractivity contribution in [2.24, 2.45) is 0 Å². The summed E-state index contributed by atoms with van der Waals surface area (Å²) in [5.41, 5.74) is 1.81. The molecule has 2 aromatic heterocycles. The molecular formula is C21H23N5O2S. The fraction of sp³-hybridized carbons (Fsp3) is 0.381. The van der Waals surface area contributed by atoms with Crippen molar-refractivity contribution in [1.82, 2.24) is 19.9 Å². The highest BCUT2D eigenvalue weighted by molar-refractivity contribution is 7.91. The zero-order valence-electron chi connectivity index (χ0n) is 16.1. The first-order valence-corrected chi connectivity index (χ1v) is 11.8. The van der Waals surface area contributed by atoms with E-state index in [0.29, 0.717) is 17.3 Å². The van der Waals surface area contributed by atoms with Crippen LogP contribution in [0.3, 0.4) is 0 Å². The van der Waals surface area contributed by atoms with Gasteiger partial charge in [0.25, 0.3) is 0 Å². The number of anilines is 1. The van der Waals surface area contributed by atoms with Crippen LogP contribution < -0.4 is 4.90 Å². The highest BCUT2D eigenvalue weighted by atomic mass is 32.2. The fourth-order valence-corrected chi connectivity index (χ4v) is 6.05. The number of nitrogens with zero attached hydrogens (tertiary/aromatic N) is 5. The van der Waals surface area contributed by atoms with Gasteiger partial charge in [-0.25, -0.2) is 18.4 Å². The maximum Gasteiger partial charge on any atom is 0.163 e. The fourth-order valence-electron chi connectivity index (χ4n) is 4.29. The van der Waals surface area contributed by atoms with Crippen molar-refractivity contribution in [2.75, 3.05) is 42.6 Å². The molecule has 2 aliphatic rings. The average molecular weight is 410 g/mol. The molecule has 0 saturated carbocycles. The summed E-state index contributed by atoms with van der Waals surface area (Å²) in [7, 11) is -2.86. The van der Waals surface area contributed by atoms with Crippen molar-refractivity contribution in [3.63, 3.8) is 0 Å². The summed E-state index contributed by atoms with van der Waals surface area (Å²) in [6, 6.07) is 12.1. The van der Waals surface area contributed by atoms with Crippen LogP contribution >= 0.6 is 0 Å². The molecule has 0 radical (unpaired) electrons. The predicted molar refractivity (Wildman–Crippen MR) is 114 cm³/mol. The van der Waals surface area contributed by atoms with E-state index in [1.165, 1.54) is 0 Å². The minimum Gasteiger partial charge on any atom is -0.353 e.